The molecular weight excluding hydrogens is 290 g/mol. The molecule has 0 saturated carbocycles. The minimum atomic E-state index is -3.55. The van der Waals surface area contributed by atoms with Crippen LogP contribution in [0.15, 0.2) is 29.2 Å². The fourth-order valence-electron chi connectivity index (χ4n) is 1.88. The molecule has 0 spiro atoms. The molecule has 0 bridgehead atoms. The number of ether oxygens (including phenoxy) is 1. The zero-order chi connectivity index (χ0) is 15.7. The summed E-state index contributed by atoms with van der Waals surface area (Å²) in [6, 6.07) is 6.16. The number of carbonyl (C=O) groups is 1. The Morgan fingerprint density at radius 2 is 2.00 bits per heavy atom. The average Bonchev–Trinajstić information content (AvgIpc) is 2.50. The smallest absolute Gasteiger partial charge is 0.240 e. The minimum Gasteiger partial charge on any atom is -0.385 e. The van der Waals surface area contributed by atoms with Crippen molar-refractivity contribution in [3.63, 3.8) is 0 Å². The zero-order valence-electron chi connectivity index (χ0n) is 12.6. The third-order valence-electron chi connectivity index (χ3n) is 3.10. The van der Waals surface area contributed by atoms with Gasteiger partial charge in [-0.15, -0.1) is 0 Å². The predicted molar refractivity (Wildman–Crippen MR) is 82.0 cm³/mol. The van der Waals surface area contributed by atoms with E-state index in [0.29, 0.717) is 25.1 Å². The molecule has 0 aliphatic heterocycles. The van der Waals surface area contributed by atoms with Crippen molar-refractivity contribution in [3.8, 4) is 0 Å². The Kier molecular flexibility index (Phi) is 7.56. The summed E-state index contributed by atoms with van der Waals surface area (Å²) in [6.45, 7) is 2.83. The molecule has 6 heteroatoms. The van der Waals surface area contributed by atoms with Crippen LogP contribution in [0.5, 0.6) is 0 Å². The lowest BCUT2D eigenvalue weighted by Gasteiger charge is -2.08. The molecule has 5 nitrogen and oxygen atoms in total. The van der Waals surface area contributed by atoms with E-state index in [1.807, 2.05) is 0 Å². The molecule has 1 aromatic rings. The molecule has 0 unspecified atom stereocenters. The van der Waals surface area contributed by atoms with E-state index in [1.54, 1.807) is 26.2 Å². The van der Waals surface area contributed by atoms with Crippen LogP contribution in [0.25, 0.3) is 0 Å². The maximum atomic E-state index is 12.1. The summed E-state index contributed by atoms with van der Waals surface area (Å²) in [6.07, 6.45) is 2.94. The van der Waals surface area contributed by atoms with Crippen molar-refractivity contribution in [1.29, 1.82) is 0 Å². The monoisotopic (exact) mass is 313 g/mol. The van der Waals surface area contributed by atoms with E-state index >= 15 is 0 Å². The van der Waals surface area contributed by atoms with Gasteiger partial charge in [-0.05, 0) is 31.4 Å². The van der Waals surface area contributed by atoms with Crippen LogP contribution in [0.3, 0.4) is 0 Å². The molecule has 0 aromatic heterocycles. The molecule has 0 aliphatic carbocycles. The van der Waals surface area contributed by atoms with E-state index in [0.717, 1.165) is 19.3 Å². The molecule has 1 rings (SSSR count). The van der Waals surface area contributed by atoms with E-state index in [1.165, 1.54) is 12.1 Å². The number of carbonyl (C=O) groups excluding carboxylic acids is 1. The molecule has 1 N–H and O–H groups in total. The normalized spacial score (nSPS) is 11.5. The van der Waals surface area contributed by atoms with Crippen molar-refractivity contribution in [2.75, 3.05) is 20.3 Å². The first-order chi connectivity index (χ1) is 10.0. The topological polar surface area (TPSA) is 72.5 Å². The SMILES string of the molecule is CCC(=O)c1cccc(S(=O)(=O)NCCCCCOC)c1. The van der Waals surface area contributed by atoms with Gasteiger partial charge < -0.3 is 4.74 Å². The van der Waals surface area contributed by atoms with E-state index in [-0.39, 0.29) is 10.7 Å². The van der Waals surface area contributed by atoms with Crippen LogP contribution in [0, 0.1) is 0 Å². The van der Waals surface area contributed by atoms with Crippen molar-refractivity contribution < 1.29 is 17.9 Å². The molecule has 0 radical (unpaired) electrons. The summed E-state index contributed by atoms with van der Waals surface area (Å²) in [5.74, 6) is -0.0633. The van der Waals surface area contributed by atoms with Crippen molar-refractivity contribution in [2.24, 2.45) is 0 Å². The summed E-state index contributed by atoms with van der Waals surface area (Å²) in [5.41, 5.74) is 0.431. The Bertz CT molecular complexity index is 555. The summed E-state index contributed by atoms with van der Waals surface area (Å²) in [4.78, 5) is 11.8. The maximum absolute atomic E-state index is 12.1. The lowest BCUT2D eigenvalue weighted by atomic mass is 10.1. The number of methoxy groups -OCH3 is 1. The molecule has 21 heavy (non-hydrogen) atoms. The second-order valence-electron chi connectivity index (χ2n) is 4.76. The van der Waals surface area contributed by atoms with E-state index < -0.39 is 10.0 Å². The summed E-state index contributed by atoms with van der Waals surface area (Å²) < 4.78 is 31.8. The highest BCUT2D eigenvalue weighted by Gasteiger charge is 2.15. The van der Waals surface area contributed by atoms with Crippen molar-refractivity contribution >= 4 is 15.8 Å². The number of ketones is 1. The first kappa shape index (κ1) is 17.8. The number of nitrogens with one attached hydrogen (secondary N) is 1. The Morgan fingerprint density at radius 3 is 2.67 bits per heavy atom. The fourth-order valence-corrected chi connectivity index (χ4v) is 3.00. The molecule has 0 heterocycles. The largest absolute Gasteiger partial charge is 0.385 e. The molecule has 0 fully saturated rings. The third-order valence-corrected chi connectivity index (χ3v) is 4.56. The van der Waals surface area contributed by atoms with Crippen LogP contribution in [0.1, 0.15) is 43.0 Å². The van der Waals surface area contributed by atoms with Gasteiger partial charge in [0.15, 0.2) is 5.78 Å². The van der Waals surface area contributed by atoms with Gasteiger partial charge in [0.05, 0.1) is 4.90 Å². The first-order valence-electron chi connectivity index (χ1n) is 7.13. The molecule has 0 amide bonds. The lowest BCUT2D eigenvalue weighted by molar-refractivity contribution is 0.0988. The molecular formula is C15H23NO4S. The summed E-state index contributed by atoms with van der Waals surface area (Å²) in [7, 11) is -1.90. The van der Waals surface area contributed by atoms with Crippen LogP contribution in [0.2, 0.25) is 0 Å². The average molecular weight is 313 g/mol. The number of hydrogen-bond acceptors (Lipinski definition) is 4. The Balaban J connectivity index is 2.60. The zero-order valence-corrected chi connectivity index (χ0v) is 13.4. The quantitative estimate of drug-likeness (QED) is 0.532. The van der Waals surface area contributed by atoms with Gasteiger partial charge in [0.25, 0.3) is 0 Å². The third kappa shape index (κ3) is 5.95. The summed E-state index contributed by atoms with van der Waals surface area (Å²) in [5, 5.41) is 0. The van der Waals surface area contributed by atoms with Gasteiger partial charge >= 0.3 is 0 Å². The van der Waals surface area contributed by atoms with Crippen LogP contribution < -0.4 is 4.72 Å². The molecule has 0 aliphatic rings. The van der Waals surface area contributed by atoms with Crippen LogP contribution in [0.4, 0.5) is 0 Å². The molecule has 0 saturated heterocycles. The maximum Gasteiger partial charge on any atom is 0.240 e. The standard InChI is InChI=1S/C15H23NO4S/c1-3-15(17)13-8-7-9-14(12-13)21(18,19)16-10-5-4-6-11-20-2/h7-9,12,16H,3-6,10-11H2,1-2H3. The van der Waals surface area contributed by atoms with Crippen molar-refractivity contribution in [2.45, 2.75) is 37.5 Å². The number of benzene rings is 1. The van der Waals surface area contributed by atoms with E-state index in [4.69, 9.17) is 4.74 Å². The Labute approximate surface area is 126 Å². The van der Waals surface area contributed by atoms with Gasteiger partial charge in [-0.2, -0.15) is 0 Å². The fraction of sp³-hybridized carbons (Fsp3) is 0.533. The second-order valence-corrected chi connectivity index (χ2v) is 6.52. The number of sulfonamides is 1. The van der Waals surface area contributed by atoms with Crippen molar-refractivity contribution in [3.05, 3.63) is 29.8 Å². The van der Waals surface area contributed by atoms with Gasteiger partial charge in [0.1, 0.15) is 0 Å². The predicted octanol–water partition coefficient (Wildman–Crippen LogP) is 2.37. The first-order valence-corrected chi connectivity index (χ1v) is 8.61. The summed E-state index contributed by atoms with van der Waals surface area (Å²) >= 11 is 0. The highest BCUT2D eigenvalue weighted by molar-refractivity contribution is 7.89. The highest BCUT2D eigenvalue weighted by atomic mass is 32.2. The lowest BCUT2D eigenvalue weighted by Crippen LogP contribution is -2.25. The van der Waals surface area contributed by atoms with Gasteiger partial charge in [0, 0.05) is 32.2 Å². The van der Waals surface area contributed by atoms with Gasteiger partial charge in [-0.3, -0.25) is 4.79 Å². The number of unbranched alkanes of at least 4 members (excludes halogenated alkanes) is 2. The van der Waals surface area contributed by atoms with E-state index in [9.17, 15) is 13.2 Å². The molecule has 118 valence electrons. The molecule has 0 atom stereocenters. The second kappa shape index (κ2) is 8.92. The van der Waals surface area contributed by atoms with Crippen molar-refractivity contribution in [1.82, 2.24) is 4.72 Å². The van der Waals surface area contributed by atoms with Crippen LogP contribution in [-0.4, -0.2) is 34.5 Å². The molecule has 1 aromatic carbocycles. The van der Waals surface area contributed by atoms with E-state index in [2.05, 4.69) is 4.72 Å². The highest BCUT2D eigenvalue weighted by Crippen LogP contribution is 2.13. The van der Waals surface area contributed by atoms with Crippen LogP contribution >= 0.6 is 0 Å². The Morgan fingerprint density at radius 1 is 1.24 bits per heavy atom. The van der Waals surface area contributed by atoms with Gasteiger partial charge in [-0.1, -0.05) is 19.1 Å². The number of Topliss-reactive ketones (excluding diaryl/α,β-unsaturated/α-hetero) is 1. The van der Waals surface area contributed by atoms with Crippen LogP contribution in [-0.2, 0) is 14.8 Å². The minimum absolute atomic E-state index is 0.0633. The number of hydrogen-bond donors (Lipinski definition) is 1. The number of rotatable bonds is 10. The van der Waals surface area contributed by atoms with Gasteiger partial charge in [-0.25, -0.2) is 13.1 Å². The Hall–Kier alpha value is -1.24. The van der Waals surface area contributed by atoms with Gasteiger partial charge in [0.2, 0.25) is 10.0 Å².